The van der Waals surface area contributed by atoms with Crippen LogP contribution in [0.4, 0.5) is 5.69 Å². The molecule has 0 saturated carbocycles. The van der Waals surface area contributed by atoms with Crippen molar-refractivity contribution in [3.05, 3.63) is 56.2 Å². The Morgan fingerprint density at radius 2 is 2.05 bits per heavy atom. The van der Waals surface area contributed by atoms with Crippen molar-refractivity contribution in [1.29, 1.82) is 0 Å². The van der Waals surface area contributed by atoms with Gasteiger partial charge in [-0.2, -0.15) is 0 Å². The highest BCUT2D eigenvalue weighted by molar-refractivity contribution is 9.10. The SMILES string of the molecule is Cc1ccc(NC(=O)c2cc(Br)cnc2Cl)c(Cl)c1. The van der Waals surface area contributed by atoms with Crippen molar-refractivity contribution < 1.29 is 4.79 Å². The predicted octanol–water partition coefficient (Wildman–Crippen LogP) is 4.71. The Balaban J connectivity index is 2.28. The summed E-state index contributed by atoms with van der Waals surface area (Å²) in [6.07, 6.45) is 1.53. The van der Waals surface area contributed by atoms with Gasteiger partial charge in [-0.25, -0.2) is 4.98 Å². The van der Waals surface area contributed by atoms with E-state index in [0.717, 1.165) is 5.56 Å². The fourth-order valence-electron chi connectivity index (χ4n) is 1.49. The Morgan fingerprint density at radius 3 is 2.74 bits per heavy atom. The lowest BCUT2D eigenvalue weighted by Gasteiger charge is -2.09. The van der Waals surface area contributed by atoms with Gasteiger partial charge in [0.15, 0.2) is 0 Å². The van der Waals surface area contributed by atoms with Crippen LogP contribution in [0.2, 0.25) is 10.2 Å². The number of anilines is 1. The van der Waals surface area contributed by atoms with E-state index in [1.807, 2.05) is 13.0 Å². The first kappa shape index (κ1) is 14.3. The van der Waals surface area contributed by atoms with Gasteiger partial charge in [0, 0.05) is 10.7 Å². The predicted molar refractivity (Wildman–Crippen MR) is 81.1 cm³/mol. The number of benzene rings is 1. The van der Waals surface area contributed by atoms with Crippen molar-refractivity contribution in [2.75, 3.05) is 5.32 Å². The van der Waals surface area contributed by atoms with Gasteiger partial charge in [-0.1, -0.05) is 29.3 Å². The van der Waals surface area contributed by atoms with Crippen LogP contribution in [0.3, 0.4) is 0 Å². The molecule has 0 radical (unpaired) electrons. The zero-order valence-electron chi connectivity index (χ0n) is 9.88. The Hall–Kier alpha value is -1.10. The minimum atomic E-state index is -0.357. The van der Waals surface area contributed by atoms with Crippen molar-refractivity contribution in [1.82, 2.24) is 4.98 Å². The number of rotatable bonds is 2. The molecule has 1 aromatic heterocycles. The molecule has 0 bridgehead atoms. The average molecular weight is 360 g/mol. The number of aryl methyl sites for hydroxylation is 1. The van der Waals surface area contributed by atoms with Crippen LogP contribution in [0, 0.1) is 6.92 Å². The molecule has 6 heteroatoms. The number of hydrogen-bond donors (Lipinski definition) is 1. The molecule has 0 aliphatic rings. The van der Waals surface area contributed by atoms with Crippen LogP contribution in [0.1, 0.15) is 15.9 Å². The Morgan fingerprint density at radius 1 is 1.32 bits per heavy atom. The van der Waals surface area contributed by atoms with Crippen LogP contribution in [0.5, 0.6) is 0 Å². The Labute approximate surface area is 129 Å². The molecule has 0 fully saturated rings. The summed E-state index contributed by atoms with van der Waals surface area (Å²) in [5.74, 6) is -0.357. The van der Waals surface area contributed by atoms with Crippen LogP contribution in [-0.2, 0) is 0 Å². The van der Waals surface area contributed by atoms with Crippen LogP contribution in [-0.4, -0.2) is 10.9 Å². The number of nitrogens with one attached hydrogen (secondary N) is 1. The van der Waals surface area contributed by atoms with Crippen LogP contribution >= 0.6 is 39.1 Å². The molecule has 2 aromatic rings. The first-order valence-electron chi connectivity index (χ1n) is 5.36. The second kappa shape index (κ2) is 5.90. The second-order valence-electron chi connectivity index (χ2n) is 3.93. The molecular weight excluding hydrogens is 351 g/mol. The maximum Gasteiger partial charge on any atom is 0.258 e. The minimum Gasteiger partial charge on any atom is -0.321 e. The van der Waals surface area contributed by atoms with Crippen LogP contribution in [0.25, 0.3) is 0 Å². The van der Waals surface area contributed by atoms with Crippen molar-refractivity contribution >= 4 is 50.7 Å². The average Bonchev–Trinajstić information content (AvgIpc) is 2.35. The van der Waals surface area contributed by atoms with Gasteiger partial charge in [0.1, 0.15) is 5.15 Å². The number of halogens is 3. The van der Waals surface area contributed by atoms with Gasteiger partial charge in [-0.3, -0.25) is 4.79 Å². The largest absolute Gasteiger partial charge is 0.321 e. The van der Waals surface area contributed by atoms with Gasteiger partial charge < -0.3 is 5.32 Å². The van der Waals surface area contributed by atoms with Crippen molar-refractivity contribution in [3.8, 4) is 0 Å². The molecule has 19 heavy (non-hydrogen) atoms. The van der Waals surface area contributed by atoms with Gasteiger partial charge in [-0.05, 0) is 46.6 Å². The molecule has 0 saturated heterocycles. The van der Waals surface area contributed by atoms with Gasteiger partial charge in [0.05, 0.1) is 16.3 Å². The van der Waals surface area contributed by atoms with E-state index in [1.165, 1.54) is 6.20 Å². The molecular formula is C13H9BrCl2N2O. The fraction of sp³-hybridized carbons (Fsp3) is 0.0769. The third-order valence-corrected chi connectivity index (χ3v) is 3.47. The van der Waals surface area contributed by atoms with Gasteiger partial charge in [0.2, 0.25) is 0 Å². The Kier molecular flexibility index (Phi) is 4.45. The van der Waals surface area contributed by atoms with E-state index < -0.39 is 0 Å². The molecule has 1 heterocycles. The summed E-state index contributed by atoms with van der Waals surface area (Å²) in [5, 5.41) is 3.33. The molecule has 1 N–H and O–H groups in total. The first-order chi connectivity index (χ1) is 8.97. The van der Waals surface area contributed by atoms with Crippen LogP contribution < -0.4 is 5.32 Å². The number of nitrogens with zero attached hydrogens (tertiary/aromatic N) is 1. The fourth-order valence-corrected chi connectivity index (χ4v) is 2.30. The molecule has 1 amide bonds. The molecule has 0 aliphatic carbocycles. The molecule has 0 aliphatic heterocycles. The van der Waals surface area contributed by atoms with E-state index in [9.17, 15) is 4.79 Å². The van der Waals surface area contributed by atoms with Gasteiger partial charge in [-0.15, -0.1) is 0 Å². The quantitative estimate of drug-likeness (QED) is 0.789. The lowest BCUT2D eigenvalue weighted by Crippen LogP contribution is -2.13. The topological polar surface area (TPSA) is 42.0 Å². The number of carbonyl (C=O) groups is 1. The molecule has 1 aromatic carbocycles. The summed E-state index contributed by atoms with van der Waals surface area (Å²) in [4.78, 5) is 16.0. The van der Waals surface area contributed by atoms with Crippen LogP contribution in [0.15, 0.2) is 34.9 Å². The first-order valence-corrected chi connectivity index (χ1v) is 6.91. The minimum absolute atomic E-state index is 0.143. The van der Waals surface area contributed by atoms with E-state index >= 15 is 0 Å². The highest BCUT2D eigenvalue weighted by Gasteiger charge is 2.13. The highest BCUT2D eigenvalue weighted by Crippen LogP contribution is 2.25. The summed E-state index contributed by atoms with van der Waals surface area (Å²) >= 11 is 15.2. The standard InChI is InChI=1S/C13H9BrCl2N2O/c1-7-2-3-11(10(15)4-7)18-13(19)9-5-8(14)6-17-12(9)16/h2-6H,1H3,(H,18,19). The molecule has 0 spiro atoms. The van der Waals surface area contributed by atoms with E-state index in [0.29, 0.717) is 15.2 Å². The number of hydrogen-bond acceptors (Lipinski definition) is 2. The monoisotopic (exact) mass is 358 g/mol. The molecule has 3 nitrogen and oxygen atoms in total. The zero-order valence-corrected chi connectivity index (χ0v) is 13.0. The Bertz CT molecular complexity index is 647. The van der Waals surface area contributed by atoms with E-state index in [4.69, 9.17) is 23.2 Å². The summed E-state index contributed by atoms with van der Waals surface area (Å²) in [6, 6.07) is 6.99. The van der Waals surface area contributed by atoms with E-state index in [2.05, 4.69) is 26.2 Å². The number of pyridine rings is 1. The molecule has 0 unspecified atom stereocenters. The number of carbonyl (C=O) groups excluding carboxylic acids is 1. The molecule has 2 rings (SSSR count). The highest BCUT2D eigenvalue weighted by atomic mass is 79.9. The molecule has 98 valence electrons. The van der Waals surface area contributed by atoms with Gasteiger partial charge >= 0.3 is 0 Å². The van der Waals surface area contributed by atoms with Crippen molar-refractivity contribution in [2.45, 2.75) is 6.92 Å². The molecule has 0 atom stereocenters. The number of aromatic nitrogens is 1. The third-order valence-electron chi connectivity index (χ3n) is 2.42. The summed E-state index contributed by atoms with van der Waals surface area (Å²) in [5.41, 5.74) is 1.84. The maximum atomic E-state index is 12.1. The van der Waals surface area contributed by atoms with Crippen molar-refractivity contribution in [2.24, 2.45) is 0 Å². The number of amides is 1. The van der Waals surface area contributed by atoms with Gasteiger partial charge in [0.25, 0.3) is 5.91 Å². The maximum absolute atomic E-state index is 12.1. The summed E-state index contributed by atoms with van der Waals surface area (Å²) in [6.45, 7) is 1.92. The van der Waals surface area contributed by atoms with E-state index in [-0.39, 0.29) is 16.6 Å². The van der Waals surface area contributed by atoms with Crippen molar-refractivity contribution in [3.63, 3.8) is 0 Å². The zero-order chi connectivity index (χ0) is 14.0. The second-order valence-corrected chi connectivity index (χ2v) is 5.61. The normalized spacial score (nSPS) is 10.3. The summed E-state index contributed by atoms with van der Waals surface area (Å²) < 4.78 is 0.678. The van der Waals surface area contributed by atoms with E-state index in [1.54, 1.807) is 18.2 Å². The lowest BCUT2D eigenvalue weighted by molar-refractivity contribution is 0.102. The summed E-state index contributed by atoms with van der Waals surface area (Å²) in [7, 11) is 0. The lowest BCUT2D eigenvalue weighted by atomic mass is 10.2. The third kappa shape index (κ3) is 3.47. The smallest absolute Gasteiger partial charge is 0.258 e.